The van der Waals surface area contributed by atoms with E-state index in [0.717, 1.165) is 5.56 Å². The summed E-state index contributed by atoms with van der Waals surface area (Å²) in [5, 5.41) is 0. The van der Waals surface area contributed by atoms with Crippen molar-refractivity contribution in [3.8, 4) is 0 Å². The molecule has 0 fully saturated rings. The molecule has 3 N–H and O–H groups in total. The monoisotopic (exact) mass is 286 g/mol. The van der Waals surface area contributed by atoms with Crippen molar-refractivity contribution < 1.29 is 14.4 Å². The second-order valence-corrected chi connectivity index (χ2v) is 3.92. The highest BCUT2D eigenvalue weighted by Gasteiger charge is 2.11. The minimum absolute atomic E-state index is 0.352. The first-order valence-corrected chi connectivity index (χ1v) is 5.27. The lowest BCUT2D eigenvalue weighted by atomic mass is 10.1. The van der Waals surface area contributed by atoms with Gasteiger partial charge in [0.15, 0.2) is 6.61 Å². The molecule has 5 nitrogen and oxygen atoms in total. The summed E-state index contributed by atoms with van der Waals surface area (Å²) in [6, 6.07) is 5.26. The number of primary amides is 1. The van der Waals surface area contributed by atoms with Crippen molar-refractivity contribution in [3.63, 3.8) is 0 Å². The maximum atomic E-state index is 11.6. The topological polar surface area (TPSA) is 81.4 Å². The van der Waals surface area contributed by atoms with E-state index in [2.05, 4.69) is 26.2 Å². The van der Waals surface area contributed by atoms with Crippen molar-refractivity contribution in [2.24, 2.45) is 5.73 Å². The van der Waals surface area contributed by atoms with Crippen LogP contribution in [0.25, 0.3) is 0 Å². The molecule has 0 aliphatic carbocycles. The molecule has 1 rings (SSSR count). The number of amides is 2. The molecule has 0 bridgehead atoms. The summed E-state index contributed by atoms with van der Waals surface area (Å²) in [5.41, 5.74) is 8.34. The summed E-state index contributed by atoms with van der Waals surface area (Å²) in [4.78, 5) is 26.6. The first-order valence-electron chi connectivity index (χ1n) is 4.48. The Morgan fingerprint density at radius 3 is 2.81 bits per heavy atom. The predicted molar refractivity (Wildman–Crippen MR) is 61.5 cm³/mol. The van der Waals surface area contributed by atoms with E-state index in [-0.39, 0.29) is 6.61 Å². The number of benzene rings is 1. The summed E-state index contributed by atoms with van der Waals surface area (Å²) in [6.07, 6.45) is 0. The Balaban J connectivity index is 2.66. The minimum atomic E-state index is -0.649. The number of carbonyl (C=O) groups excluding carboxylic acids is 2. The van der Waals surface area contributed by atoms with Crippen LogP contribution in [-0.2, 0) is 9.63 Å². The second kappa shape index (κ2) is 5.62. The molecule has 0 aliphatic heterocycles. The van der Waals surface area contributed by atoms with E-state index in [9.17, 15) is 9.59 Å². The van der Waals surface area contributed by atoms with Crippen LogP contribution in [0, 0.1) is 6.92 Å². The number of hydrogen-bond donors (Lipinski definition) is 2. The summed E-state index contributed by atoms with van der Waals surface area (Å²) >= 11 is 3.29. The van der Waals surface area contributed by atoms with Gasteiger partial charge in [0.05, 0.1) is 5.56 Å². The minimum Gasteiger partial charge on any atom is -0.368 e. The maximum absolute atomic E-state index is 11.6. The molecule has 6 heteroatoms. The first-order chi connectivity index (χ1) is 7.52. The molecule has 0 saturated carbocycles. The fourth-order valence-corrected chi connectivity index (χ4v) is 1.49. The molecule has 0 heterocycles. The quantitative estimate of drug-likeness (QED) is 0.807. The van der Waals surface area contributed by atoms with Crippen molar-refractivity contribution in [1.29, 1.82) is 0 Å². The number of nitrogens with two attached hydrogens (primary N) is 1. The molecule has 1 aromatic rings. The van der Waals surface area contributed by atoms with Crippen LogP contribution < -0.4 is 11.2 Å². The SMILES string of the molecule is Cc1cccc(C(=O)NOCC(N)=O)c1Br. The molecule has 0 aromatic heterocycles. The molecule has 0 spiro atoms. The molecule has 0 unspecified atom stereocenters. The number of rotatable bonds is 4. The van der Waals surface area contributed by atoms with Gasteiger partial charge in [-0.25, -0.2) is 5.48 Å². The third-order valence-corrected chi connectivity index (χ3v) is 2.87. The Morgan fingerprint density at radius 1 is 1.50 bits per heavy atom. The van der Waals surface area contributed by atoms with Gasteiger partial charge in [-0.2, -0.15) is 0 Å². The van der Waals surface area contributed by atoms with Crippen molar-refractivity contribution in [3.05, 3.63) is 33.8 Å². The first kappa shape index (κ1) is 12.7. The molecule has 0 aliphatic rings. The average Bonchev–Trinajstić information content (AvgIpc) is 2.21. The molecule has 86 valence electrons. The fraction of sp³-hybridized carbons (Fsp3) is 0.200. The zero-order valence-electron chi connectivity index (χ0n) is 8.62. The highest BCUT2D eigenvalue weighted by molar-refractivity contribution is 9.10. The molecule has 1 aromatic carbocycles. The zero-order valence-corrected chi connectivity index (χ0v) is 10.2. The van der Waals surface area contributed by atoms with Crippen LogP contribution in [0.5, 0.6) is 0 Å². The predicted octanol–water partition coefficient (Wildman–Crippen LogP) is 0.904. The van der Waals surface area contributed by atoms with Crippen molar-refractivity contribution in [2.75, 3.05) is 6.61 Å². The summed E-state index contributed by atoms with van der Waals surface area (Å²) in [6.45, 7) is 1.51. The van der Waals surface area contributed by atoms with Gasteiger partial charge >= 0.3 is 0 Å². The standard InChI is InChI=1S/C10H11BrN2O3/c1-6-3-2-4-7(9(6)11)10(15)13-16-5-8(12)14/h2-4H,5H2,1H3,(H2,12,14)(H,13,15). The smallest absolute Gasteiger partial charge is 0.276 e. The van der Waals surface area contributed by atoms with Crippen molar-refractivity contribution in [1.82, 2.24) is 5.48 Å². The molecule has 0 atom stereocenters. The normalized spacial score (nSPS) is 9.88. The van der Waals surface area contributed by atoms with E-state index < -0.39 is 11.8 Å². The Kier molecular flexibility index (Phi) is 4.45. The number of hydrogen-bond acceptors (Lipinski definition) is 3. The van der Waals surface area contributed by atoms with Crippen LogP contribution in [0.3, 0.4) is 0 Å². The van der Waals surface area contributed by atoms with Gasteiger partial charge in [-0.15, -0.1) is 0 Å². The van der Waals surface area contributed by atoms with E-state index in [0.29, 0.717) is 10.0 Å². The Bertz CT molecular complexity index is 421. The average molecular weight is 287 g/mol. The van der Waals surface area contributed by atoms with Gasteiger partial charge in [0.25, 0.3) is 5.91 Å². The molecule has 0 saturated heterocycles. The zero-order chi connectivity index (χ0) is 12.1. The van der Waals surface area contributed by atoms with Crippen molar-refractivity contribution >= 4 is 27.7 Å². The Labute approximate surface area is 101 Å². The van der Waals surface area contributed by atoms with E-state index in [1.54, 1.807) is 12.1 Å². The lowest BCUT2D eigenvalue weighted by molar-refractivity contribution is -0.124. The van der Waals surface area contributed by atoms with E-state index in [1.165, 1.54) is 0 Å². The third kappa shape index (κ3) is 3.32. The summed E-state index contributed by atoms with van der Waals surface area (Å²) < 4.78 is 0.690. The van der Waals surface area contributed by atoms with E-state index in [4.69, 9.17) is 5.73 Å². The van der Waals surface area contributed by atoms with Gasteiger partial charge in [0, 0.05) is 4.47 Å². The largest absolute Gasteiger partial charge is 0.368 e. The van der Waals surface area contributed by atoms with Gasteiger partial charge in [-0.1, -0.05) is 12.1 Å². The van der Waals surface area contributed by atoms with Gasteiger partial charge in [-0.3, -0.25) is 14.4 Å². The van der Waals surface area contributed by atoms with E-state index in [1.807, 2.05) is 13.0 Å². The highest BCUT2D eigenvalue weighted by Crippen LogP contribution is 2.20. The number of nitrogens with one attached hydrogen (secondary N) is 1. The lowest BCUT2D eigenvalue weighted by Gasteiger charge is -2.07. The lowest BCUT2D eigenvalue weighted by Crippen LogP contribution is -2.29. The fourth-order valence-electron chi connectivity index (χ4n) is 1.05. The van der Waals surface area contributed by atoms with Crippen molar-refractivity contribution in [2.45, 2.75) is 6.92 Å². The van der Waals surface area contributed by atoms with Crippen LogP contribution in [-0.4, -0.2) is 18.4 Å². The van der Waals surface area contributed by atoms with Gasteiger partial charge in [0.1, 0.15) is 0 Å². The maximum Gasteiger partial charge on any atom is 0.276 e. The van der Waals surface area contributed by atoms with Crippen LogP contribution >= 0.6 is 15.9 Å². The number of halogens is 1. The number of hydroxylamine groups is 1. The number of aryl methyl sites for hydroxylation is 1. The van der Waals surface area contributed by atoms with Gasteiger partial charge < -0.3 is 5.73 Å². The Morgan fingerprint density at radius 2 is 2.19 bits per heavy atom. The summed E-state index contributed by atoms with van der Waals surface area (Å²) in [7, 11) is 0. The van der Waals surface area contributed by atoms with Crippen LogP contribution in [0.2, 0.25) is 0 Å². The van der Waals surface area contributed by atoms with Crippen LogP contribution in [0.1, 0.15) is 15.9 Å². The van der Waals surface area contributed by atoms with E-state index >= 15 is 0 Å². The molecule has 16 heavy (non-hydrogen) atoms. The Hall–Kier alpha value is -1.40. The van der Waals surface area contributed by atoms with Crippen LogP contribution in [0.4, 0.5) is 0 Å². The molecular weight excluding hydrogens is 276 g/mol. The molecule has 2 amide bonds. The summed E-state index contributed by atoms with van der Waals surface area (Å²) in [5.74, 6) is -1.08. The van der Waals surface area contributed by atoms with Gasteiger partial charge in [0.2, 0.25) is 5.91 Å². The third-order valence-electron chi connectivity index (χ3n) is 1.82. The molecule has 0 radical (unpaired) electrons. The molecular formula is C10H11BrN2O3. The number of carbonyl (C=O) groups is 2. The van der Waals surface area contributed by atoms with Gasteiger partial charge in [-0.05, 0) is 34.5 Å². The highest BCUT2D eigenvalue weighted by atomic mass is 79.9. The second-order valence-electron chi connectivity index (χ2n) is 3.12. The van der Waals surface area contributed by atoms with Crippen LogP contribution in [0.15, 0.2) is 22.7 Å².